The molecule has 0 aliphatic rings. The number of nitrogens with zero attached hydrogens (tertiary/aromatic N) is 1. The second kappa shape index (κ2) is 4.59. The number of hydrogen-bond acceptors (Lipinski definition) is 3. The molecule has 0 unspecified atom stereocenters. The van der Waals surface area contributed by atoms with Crippen molar-refractivity contribution in [2.45, 2.75) is 20.5 Å². The average molecular weight is 232 g/mol. The van der Waals surface area contributed by atoms with Crippen LogP contribution < -0.4 is 4.74 Å². The van der Waals surface area contributed by atoms with E-state index in [1.165, 1.54) is 0 Å². The first-order valence-corrected chi connectivity index (χ1v) is 5.47. The largest absolute Gasteiger partial charge is 0.496 e. The number of aromatic nitrogens is 2. The summed E-state index contributed by atoms with van der Waals surface area (Å²) in [7, 11) is 1.64. The predicted octanol–water partition coefficient (Wildman–Crippen LogP) is 2.19. The van der Waals surface area contributed by atoms with Gasteiger partial charge in [-0.05, 0) is 26.0 Å². The van der Waals surface area contributed by atoms with Gasteiger partial charge in [0.15, 0.2) is 0 Å². The number of rotatable bonds is 3. The lowest BCUT2D eigenvalue weighted by molar-refractivity contribution is 0.272. The molecule has 0 aliphatic heterocycles. The van der Waals surface area contributed by atoms with Crippen molar-refractivity contribution in [3.05, 3.63) is 35.3 Å². The number of aryl methyl sites for hydroxylation is 2. The van der Waals surface area contributed by atoms with Crippen LogP contribution in [-0.4, -0.2) is 22.2 Å². The van der Waals surface area contributed by atoms with Crippen molar-refractivity contribution in [2.24, 2.45) is 0 Å². The van der Waals surface area contributed by atoms with Gasteiger partial charge in [0.1, 0.15) is 18.2 Å². The van der Waals surface area contributed by atoms with Gasteiger partial charge in [-0.3, -0.25) is 0 Å². The molecular formula is C13H16N2O2. The number of imidazole rings is 1. The summed E-state index contributed by atoms with van der Waals surface area (Å²) < 4.78 is 5.34. The first-order chi connectivity index (χ1) is 8.15. The summed E-state index contributed by atoms with van der Waals surface area (Å²) >= 11 is 0. The minimum Gasteiger partial charge on any atom is -0.496 e. The average Bonchev–Trinajstić information content (AvgIpc) is 2.70. The molecular weight excluding hydrogens is 216 g/mol. The van der Waals surface area contributed by atoms with Crippen molar-refractivity contribution in [3.8, 4) is 17.0 Å². The Bertz CT molecular complexity index is 532. The molecule has 4 nitrogen and oxygen atoms in total. The Balaban J connectivity index is 2.58. The summed E-state index contributed by atoms with van der Waals surface area (Å²) in [6.45, 7) is 3.87. The molecule has 0 aliphatic carbocycles. The fourth-order valence-electron chi connectivity index (χ4n) is 1.87. The molecule has 4 heteroatoms. The lowest BCUT2D eigenvalue weighted by Gasteiger charge is -2.08. The van der Waals surface area contributed by atoms with Crippen molar-refractivity contribution < 1.29 is 9.84 Å². The Labute approximate surface area is 100 Å². The molecule has 1 aromatic carbocycles. The summed E-state index contributed by atoms with van der Waals surface area (Å²) in [4.78, 5) is 7.41. The fourth-order valence-corrected chi connectivity index (χ4v) is 1.87. The zero-order chi connectivity index (χ0) is 12.4. The molecule has 2 aromatic rings. The van der Waals surface area contributed by atoms with Gasteiger partial charge in [-0.2, -0.15) is 0 Å². The van der Waals surface area contributed by atoms with E-state index >= 15 is 0 Å². The molecule has 1 aromatic heterocycles. The van der Waals surface area contributed by atoms with Crippen molar-refractivity contribution in [3.63, 3.8) is 0 Å². The standard InChI is InChI=1S/C13H16N2O2/c1-8-4-5-11(17-3)10(6-8)13-9(2)14-12(7-16)15-13/h4-6,16H,7H2,1-3H3,(H,14,15). The highest BCUT2D eigenvalue weighted by molar-refractivity contribution is 5.70. The fraction of sp³-hybridized carbons (Fsp3) is 0.308. The van der Waals surface area contributed by atoms with Crippen LogP contribution in [0.15, 0.2) is 18.2 Å². The van der Waals surface area contributed by atoms with E-state index in [0.29, 0.717) is 5.82 Å². The molecule has 0 atom stereocenters. The highest BCUT2D eigenvalue weighted by Crippen LogP contribution is 2.31. The van der Waals surface area contributed by atoms with Crippen molar-refractivity contribution >= 4 is 0 Å². The van der Waals surface area contributed by atoms with Crippen LogP contribution in [-0.2, 0) is 6.61 Å². The molecule has 2 rings (SSSR count). The topological polar surface area (TPSA) is 58.1 Å². The van der Waals surface area contributed by atoms with E-state index in [0.717, 1.165) is 28.3 Å². The van der Waals surface area contributed by atoms with Crippen LogP contribution in [0, 0.1) is 13.8 Å². The van der Waals surface area contributed by atoms with Crippen LogP contribution >= 0.6 is 0 Å². The van der Waals surface area contributed by atoms with E-state index in [1.807, 2.05) is 32.0 Å². The van der Waals surface area contributed by atoms with Crippen LogP contribution in [0.25, 0.3) is 11.3 Å². The molecule has 0 saturated carbocycles. The number of aliphatic hydroxyl groups excluding tert-OH is 1. The van der Waals surface area contributed by atoms with Gasteiger partial charge in [-0.1, -0.05) is 11.6 Å². The summed E-state index contributed by atoms with van der Waals surface area (Å²) in [6.07, 6.45) is 0. The van der Waals surface area contributed by atoms with Gasteiger partial charge in [0, 0.05) is 11.3 Å². The van der Waals surface area contributed by atoms with E-state index < -0.39 is 0 Å². The number of nitrogens with one attached hydrogen (secondary N) is 1. The Morgan fingerprint density at radius 1 is 1.35 bits per heavy atom. The molecule has 17 heavy (non-hydrogen) atoms. The molecule has 0 fully saturated rings. The highest BCUT2D eigenvalue weighted by Gasteiger charge is 2.13. The highest BCUT2D eigenvalue weighted by atomic mass is 16.5. The summed E-state index contributed by atoms with van der Waals surface area (Å²) in [5, 5.41) is 9.08. The number of aliphatic hydroxyl groups is 1. The van der Waals surface area contributed by atoms with Gasteiger partial charge in [0.05, 0.1) is 12.8 Å². The molecule has 0 bridgehead atoms. The maximum atomic E-state index is 9.08. The van der Waals surface area contributed by atoms with Crippen molar-refractivity contribution in [1.29, 1.82) is 0 Å². The summed E-state index contributed by atoms with van der Waals surface area (Å²) in [5.41, 5.74) is 3.85. The van der Waals surface area contributed by atoms with E-state index in [4.69, 9.17) is 9.84 Å². The second-order valence-corrected chi connectivity index (χ2v) is 4.02. The van der Waals surface area contributed by atoms with Gasteiger partial charge in [0.2, 0.25) is 0 Å². The Hall–Kier alpha value is -1.81. The van der Waals surface area contributed by atoms with Gasteiger partial charge >= 0.3 is 0 Å². The third-order valence-corrected chi connectivity index (χ3v) is 2.69. The van der Waals surface area contributed by atoms with Crippen LogP contribution in [0.5, 0.6) is 5.75 Å². The first-order valence-electron chi connectivity index (χ1n) is 5.47. The third kappa shape index (κ3) is 2.17. The maximum absolute atomic E-state index is 9.08. The van der Waals surface area contributed by atoms with Crippen LogP contribution in [0.3, 0.4) is 0 Å². The number of ether oxygens (including phenoxy) is 1. The zero-order valence-corrected chi connectivity index (χ0v) is 10.2. The quantitative estimate of drug-likeness (QED) is 0.852. The van der Waals surface area contributed by atoms with E-state index in [-0.39, 0.29) is 6.61 Å². The number of hydrogen-bond donors (Lipinski definition) is 2. The van der Waals surface area contributed by atoms with E-state index in [2.05, 4.69) is 9.97 Å². The monoisotopic (exact) mass is 232 g/mol. The number of aromatic amines is 1. The zero-order valence-electron chi connectivity index (χ0n) is 10.2. The normalized spacial score (nSPS) is 10.6. The lowest BCUT2D eigenvalue weighted by Crippen LogP contribution is -1.91. The summed E-state index contributed by atoms with van der Waals surface area (Å²) in [5.74, 6) is 1.36. The molecule has 1 heterocycles. The number of methoxy groups -OCH3 is 1. The number of H-pyrrole nitrogens is 1. The van der Waals surface area contributed by atoms with Gasteiger partial charge < -0.3 is 14.8 Å². The van der Waals surface area contributed by atoms with Crippen LogP contribution in [0.1, 0.15) is 17.1 Å². The minimum absolute atomic E-state index is 0.0883. The Morgan fingerprint density at radius 3 is 2.71 bits per heavy atom. The lowest BCUT2D eigenvalue weighted by atomic mass is 10.1. The molecule has 0 radical (unpaired) electrons. The van der Waals surface area contributed by atoms with Crippen LogP contribution in [0.4, 0.5) is 0 Å². The Morgan fingerprint density at radius 2 is 2.12 bits per heavy atom. The molecule has 0 spiro atoms. The van der Waals surface area contributed by atoms with E-state index in [1.54, 1.807) is 7.11 Å². The molecule has 0 saturated heterocycles. The molecule has 90 valence electrons. The summed E-state index contributed by atoms with van der Waals surface area (Å²) in [6, 6.07) is 5.96. The van der Waals surface area contributed by atoms with Gasteiger partial charge in [-0.15, -0.1) is 0 Å². The number of benzene rings is 1. The Kier molecular flexibility index (Phi) is 3.15. The predicted molar refractivity (Wildman–Crippen MR) is 66.0 cm³/mol. The van der Waals surface area contributed by atoms with Gasteiger partial charge in [-0.25, -0.2) is 4.98 Å². The van der Waals surface area contributed by atoms with Crippen LogP contribution in [0.2, 0.25) is 0 Å². The molecule has 0 amide bonds. The smallest absolute Gasteiger partial charge is 0.132 e. The van der Waals surface area contributed by atoms with Crippen molar-refractivity contribution in [2.75, 3.05) is 7.11 Å². The maximum Gasteiger partial charge on any atom is 0.132 e. The minimum atomic E-state index is -0.0883. The second-order valence-electron chi connectivity index (χ2n) is 4.02. The third-order valence-electron chi connectivity index (χ3n) is 2.69. The van der Waals surface area contributed by atoms with E-state index in [9.17, 15) is 0 Å². The van der Waals surface area contributed by atoms with Gasteiger partial charge in [0.25, 0.3) is 0 Å². The molecule has 2 N–H and O–H groups in total. The SMILES string of the molecule is COc1ccc(C)cc1-c1nc(CO)[nH]c1C. The first kappa shape index (κ1) is 11.7. The van der Waals surface area contributed by atoms with Crippen molar-refractivity contribution in [1.82, 2.24) is 9.97 Å².